The van der Waals surface area contributed by atoms with Crippen LogP contribution in [0, 0.1) is 0 Å². The second-order valence-electron chi connectivity index (χ2n) is 4.07. The molecule has 1 N–H and O–H groups in total. The first-order valence-corrected chi connectivity index (χ1v) is 6.96. The van der Waals surface area contributed by atoms with E-state index in [-0.39, 0.29) is 24.2 Å². The number of rotatable bonds is 4. The highest BCUT2D eigenvalue weighted by molar-refractivity contribution is 7.14. The van der Waals surface area contributed by atoms with Crippen LogP contribution >= 0.6 is 11.3 Å². The predicted octanol–water partition coefficient (Wildman–Crippen LogP) is 1.18. The zero-order valence-corrected chi connectivity index (χ0v) is 11.7. The van der Waals surface area contributed by atoms with Gasteiger partial charge in [0.15, 0.2) is 11.5 Å². The second kappa shape index (κ2) is 6.23. The number of aromatic nitrogens is 1. The van der Waals surface area contributed by atoms with Crippen LogP contribution in [0.25, 0.3) is 0 Å². The van der Waals surface area contributed by atoms with Gasteiger partial charge in [-0.05, 0) is 6.92 Å². The molecule has 1 fully saturated rings. The summed E-state index contributed by atoms with van der Waals surface area (Å²) in [7, 11) is 0. The molecule has 0 spiro atoms. The molecule has 2 rings (SSSR count). The molecule has 1 aliphatic heterocycles. The van der Waals surface area contributed by atoms with Crippen LogP contribution in [-0.4, -0.2) is 43.0 Å². The lowest BCUT2D eigenvalue weighted by atomic mass is 10.3. The molecule has 0 saturated carbocycles. The summed E-state index contributed by atoms with van der Waals surface area (Å²) in [6, 6.07) is 0. The van der Waals surface area contributed by atoms with E-state index < -0.39 is 5.97 Å². The van der Waals surface area contributed by atoms with Crippen LogP contribution in [0.2, 0.25) is 0 Å². The Morgan fingerprint density at radius 2 is 2.37 bits per heavy atom. The van der Waals surface area contributed by atoms with Gasteiger partial charge >= 0.3 is 5.97 Å². The fraction of sp³-hybridized carbons (Fsp3) is 0.583. The van der Waals surface area contributed by atoms with Gasteiger partial charge in [-0.1, -0.05) is 0 Å². The molecule has 1 aliphatic rings. The van der Waals surface area contributed by atoms with E-state index in [9.17, 15) is 9.59 Å². The Balaban J connectivity index is 2.28. The summed E-state index contributed by atoms with van der Waals surface area (Å²) >= 11 is 1.20. The number of ether oxygens (including phenoxy) is 2. The summed E-state index contributed by atoms with van der Waals surface area (Å²) in [6.07, 6.45) is -0.208. The molecule has 1 aromatic heterocycles. The molecule has 6 nitrogen and oxygen atoms in total. The van der Waals surface area contributed by atoms with Crippen LogP contribution in [-0.2, 0) is 9.47 Å². The van der Waals surface area contributed by atoms with Crippen molar-refractivity contribution in [2.45, 2.75) is 20.0 Å². The molecule has 1 saturated heterocycles. The molecule has 19 heavy (non-hydrogen) atoms. The molecule has 0 radical (unpaired) electrons. The van der Waals surface area contributed by atoms with Crippen LogP contribution in [0.15, 0.2) is 0 Å². The largest absolute Gasteiger partial charge is 0.461 e. The number of carbonyl (C=O) groups excluding carboxylic acids is 2. The first kappa shape index (κ1) is 14.1. The highest BCUT2D eigenvalue weighted by atomic mass is 32.1. The van der Waals surface area contributed by atoms with E-state index in [2.05, 4.69) is 10.3 Å². The van der Waals surface area contributed by atoms with Crippen molar-refractivity contribution in [3.05, 3.63) is 15.6 Å². The highest BCUT2D eigenvalue weighted by Crippen LogP contribution is 2.27. The maximum absolute atomic E-state index is 11.8. The van der Waals surface area contributed by atoms with Gasteiger partial charge in [0.2, 0.25) is 0 Å². The summed E-state index contributed by atoms with van der Waals surface area (Å²) in [5, 5.41) is 3.83. The fourth-order valence-electron chi connectivity index (χ4n) is 1.77. The average molecular weight is 284 g/mol. The summed E-state index contributed by atoms with van der Waals surface area (Å²) in [4.78, 5) is 27.9. The number of ketones is 1. The second-order valence-corrected chi connectivity index (χ2v) is 5.10. The zero-order valence-electron chi connectivity index (χ0n) is 10.9. The molecule has 1 atom stereocenters. The maximum atomic E-state index is 11.8. The van der Waals surface area contributed by atoms with E-state index in [0.717, 1.165) is 6.54 Å². The van der Waals surface area contributed by atoms with E-state index >= 15 is 0 Å². The average Bonchev–Trinajstić information content (AvgIpc) is 2.85. The van der Waals surface area contributed by atoms with E-state index in [1.54, 1.807) is 6.92 Å². The van der Waals surface area contributed by atoms with E-state index in [1.807, 2.05) is 0 Å². The minimum atomic E-state index is -0.557. The SMILES string of the molecule is CCOC(=O)c1nc(C2CNCCO2)sc1C(C)=O. The van der Waals surface area contributed by atoms with Crippen LogP contribution < -0.4 is 5.32 Å². The van der Waals surface area contributed by atoms with Crippen molar-refractivity contribution in [1.82, 2.24) is 10.3 Å². The van der Waals surface area contributed by atoms with E-state index in [1.165, 1.54) is 18.3 Å². The number of carbonyl (C=O) groups is 2. The minimum absolute atomic E-state index is 0.100. The number of morpholine rings is 1. The summed E-state index contributed by atoms with van der Waals surface area (Å²) in [5.41, 5.74) is 0.100. The Morgan fingerprint density at radius 1 is 1.58 bits per heavy atom. The smallest absolute Gasteiger partial charge is 0.358 e. The highest BCUT2D eigenvalue weighted by Gasteiger charge is 2.27. The Bertz CT molecular complexity index is 480. The molecule has 2 heterocycles. The molecule has 0 amide bonds. The van der Waals surface area contributed by atoms with Gasteiger partial charge in [0, 0.05) is 20.0 Å². The molecule has 0 aliphatic carbocycles. The van der Waals surface area contributed by atoms with Gasteiger partial charge in [0.1, 0.15) is 16.0 Å². The number of esters is 1. The van der Waals surface area contributed by atoms with Crippen LogP contribution in [0.1, 0.15) is 45.1 Å². The number of nitrogens with zero attached hydrogens (tertiary/aromatic N) is 1. The molecular formula is C12H16N2O4S. The molecular weight excluding hydrogens is 268 g/mol. The standard InChI is InChI=1S/C12H16N2O4S/c1-3-17-12(16)9-10(7(2)15)19-11(14-9)8-6-13-4-5-18-8/h8,13H,3-6H2,1-2H3. The number of thiazole rings is 1. The quantitative estimate of drug-likeness (QED) is 0.661. The topological polar surface area (TPSA) is 77.5 Å². The monoisotopic (exact) mass is 284 g/mol. The number of hydrogen-bond acceptors (Lipinski definition) is 7. The van der Waals surface area contributed by atoms with Crippen LogP contribution in [0.3, 0.4) is 0 Å². The number of Topliss-reactive ketones (excluding diaryl/α,β-unsaturated/α-hetero) is 1. The maximum Gasteiger partial charge on any atom is 0.358 e. The van der Waals surface area contributed by atoms with Gasteiger partial charge < -0.3 is 14.8 Å². The molecule has 1 unspecified atom stereocenters. The van der Waals surface area contributed by atoms with E-state index in [0.29, 0.717) is 23.0 Å². The van der Waals surface area contributed by atoms with Crippen LogP contribution in [0.5, 0.6) is 0 Å². The third-order valence-electron chi connectivity index (χ3n) is 2.64. The Hall–Kier alpha value is -1.31. The molecule has 7 heteroatoms. The van der Waals surface area contributed by atoms with E-state index in [4.69, 9.17) is 9.47 Å². The van der Waals surface area contributed by atoms with Gasteiger partial charge in [-0.2, -0.15) is 0 Å². The van der Waals surface area contributed by atoms with Crippen molar-refractivity contribution >= 4 is 23.1 Å². The number of nitrogens with one attached hydrogen (secondary N) is 1. The Labute approximate surface area is 115 Å². The minimum Gasteiger partial charge on any atom is -0.461 e. The predicted molar refractivity (Wildman–Crippen MR) is 69.6 cm³/mol. The first-order chi connectivity index (χ1) is 9.13. The molecule has 104 valence electrons. The van der Waals surface area contributed by atoms with Crippen molar-refractivity contribution in [3.8, 4) is 0 Å². The third-order valence-corrected chi connectivity index (χ3v) is 3.88. The summed E-state index contributed by atoms with van der Waals surface area (Å²) in [6.45, 7) is 5.41. The molecule has 0 bridgehead atoms. The van der Waals surface area contributed by atoms with Crippen molar-refractivity contribution in [2.24, 2.45) is 0 Å². The summed E-state index contributed by atoms with van der Waals surface area (Å²) < 4.78 is 10.5. The van der Waals surface area contributed by atoms with Gasteiger partial charge in [0.05, 0.1) is 13.2 Å². The van der Waals surface area contributed by atoms with Gasteiger partial charge in [-0.3, -0.25) is 4.79 Å². The lowest BCUT2D eigenvalue weighted by Gasteiger charge is -2.21. The van der Waals surface area contributed by atoms with Gasteiger partial charge in [0.25, 0.3) is 0 Å². The summed E-state index contributed by atoms with van der Waals surface area (Å²) in [5.74, 6) is -0.741. The number of hydrogen-bond donors (Lipinski definition) is 1. The zero-order chi connectivity index (χ0) is 13.8. The lowest BCUT2D eigenvalue weighted by molar-refractivity contribution is 0.0273. The molecule has 1 aromatic rings. The van der Waals surface area contributed by atoms with Crippen molar-refractivity contribution < 1.29 is 19.1 Å². The fourth-order valence-corrected chi connectivity index (χ4v) is 2.77. The Kier molecular flexibility index (Phi) is 4.62. The van der Waals surface area contributed by atoms with Crippen molar-refractivity contribution in [3.63, 3.8) is 0 Å². The third kappa shape index (κ3) is 3.17. The van der Waals surface area contributed by atoms with Crippen molar-refractivity contribution in [1.29, 1.82) is 0 Å². The normalized spacial score (nSPS) is 19.2. The molecule has 0 aromatic carbocycles. The lowest BCUT2D eigenvalue weighted by Crippen LogP contribution is -2.33. The van der Waals surface area contributed by atoms with Crippen molar-refractivity contribution in [2.75, 3.05) is 26.3 Å². The Morgan fingerprint density at radius 3 is 2.95 bits per heavy atom. The van der Waals surface area contributed by atoms with Crippen LogP contribution in [0.4, 0.5) is 0 Å². The van der Waals surface area contributed by atoms with Gasteiger partial charge in [-0.25, -0.2) is 9.78 Å². The first-order valence-electron chi connectivity index (χ1n) is 6.14. The van der Waals surface area contributed by atoms with Gasteiger partial charge in [-0.15, -0.1) is 11.3 Å².